The molecule has 2 aromatic rings. The van der Waals surface area contributed by atoms with Crippen molar-refractivity contribution in [3.63, 3.8) is 0 Å². The van der Waals surface area contributed by atoms with Gasteiger partial charge in [0.25, 0.3) is 0 Å². The summed E-state index contributed by atoms with van der Waals surface area (Å²) in [4.78, 5) is 0.192. The number of hydrogen-bond donors (Lipinski definition) is 1. The van der Waals surface area contributed by atoms with Crippen LogP contribution < -0.4 is 0 Å². The van der Waals surface area contributed by atoms with E-state index in [4.69, 9.17) is 11.6 Å². The monoisotopic (exact) mass is 299 g/mol. The summed E-state index contributed by atoms with van der Waals surface area (Å²) in [6.45, 7) is 1.93. The second-order valence-electron chi connectivity index (χ2n) is 4.25. The first kappa shape index (κ1) is 14.0. The van der Waals surface area contributed by atoms with E-state index in [-0.39, 0.29) is 11.4 Å². The molecule has 0 saturated carbocycles. The van der Waals surface area contributed by atoms with Crippen LogP contribution in [0.1, 0.15) is 11.3 Å². The summed E-state index contributed by atoms with van der Waals surface area (Å²) < 4.78 is 25.9. The average molecular weight is 300 g/mol. The zero-order valence-corrected chi connectivity index (χ0v) is 12.2. The molecule has 0 unspecified atom stereocenters. The van der Waals surface area contributed by atoms with Crippen molar-refractivity contribution in [2.75, 3.05) is 7.05 Å². The lowest BCUT2D eigenvalue weighted by Gasteiger charge is -2.16. The molecule has 0 bridgehead atoms. The maximum Gasteiger partial charge on any atom is 0.246 e. The molecule has 0 aliphatic carbocycles. The highest BCUT2D eigenvalue weighted by Gasteiger charge is 2.24. The van der Waals surface area contributed by atoms with E-state index in [1.807, 2.05) is 6.07 Å². The van der Waals surface area contributed by atoms with Crippen LogP contribution in [0.5, 0.6) is 0 Å². The minimum atomic E-state index is -3.54. The molecule has 0 aliphatic rings. The second-order valence-corrected chi connectivity index (χ2v) is 6.70. The molecule has 0 radical (unpaired) electrons. The van der Waals surface area contributed by atoms with Crippen molar-refractivity contribution in [3.8, 4) is 0 Å². The maximum atomic E-state index is 12.3. The van der Waals surface area contributed by atoms with Gasteiger partial charge in [-0.15, -0.1) is 0 Å². The van der Waals surface area contributed by atoms with Gasteiger partial charge in [-0.2, -0.15) is 9.40 Å². The summed E-state index contributed by atoms with van der Waals surface area (Å²) in [7, 11) is -2.01. The molecule has 0 fully saturated rings. The Hall–Kier alpha value is -1.37. The van der Waals surface area contributed by atoms with Gasteiger partial charge in [-0.05, 0) is 24.6 Å². The number of H-pyrrole nitrogens is 1. The van der Waals surface area contributed by atoms with E-state index in [1.165, 1.54) is 17.5 Å². The normalized spacial score (nSPS) is 12.0. The number of nitrogens with one attached hydrogen (secondary N) is 1. The number of benzene rings is 1. The second kappa shape index (κ2) is 5.32. The first-order chi connectivity index (χ1) is 8.91. The lowest BCUT2D eigenvalue weighted by atomic mass is 10.2. The molecule has 0 saturated heterocycles. The van der Waals surface area contributed by atoms with Crippen LogP contribution in [0.25, 0.3) is 0 Å². The van der Waals surface area contributed by atoms with E-state index >= 15 is 0 Å². The molecule has 7 heteroatoms. The van der Waals surface area contributed by atoms with Crippen molar-refractivity contribution >= 4 is 21.6 Å². The van der Waals surface area contributed by atoms with Gasteiger partial charge in [0.15, 0.2) is 0 Å². The van der Waals surface area contributed by atoms with Gasteiger partial charge >= 0.3 is 0 Å². The highest BCUT2D eigenvalue weighted by molar-refractivity contribution is 7.89. The third-order valence-electron chi connectivity index (χ3n) is 2.77. The standard InChI is InChI=1S/C12H14ClN3O2S/c1-9-12(7-14-15-9)19(17,18)16(2)8-10-4-3-5-11(13)6-10/h3-7H,8H2,1-2H3,(H,14,15). The molecule has 0 atom stereocenters. The van der Waals surface area contributed by atoms with Crippen molar-refractivity contribution in [1.82, 2.24) is 14.5 Å². The van der Waals surface area contributed by atoms with E-state index in [1.54, 1.807) is 25.1 Å². The summed E-state index contributed by atoms with van der Waals surface area (Å²) in [6.07, 6.45) is 1.32. The summed E-state index contributed by atoms with van der Waals surface area (Å²) in [5.74, 6) is 0. The van der Waals surface area contributed by atoms with Gasteiger partial charge in [0.1, 0.15) is 4.90 Å². The average Bonchev–Trinajstić information content (AvgIpc) is 2.76. The van der Waals surface area contributed by atoms with Crippen molar-refractivity contribution in [3.05, 3.63) is 46.7 Å². The zero-order chi connectivity index (χ0) is 14.0. The molecule has 19 heavy (non-hydrogen) atoms. The lowest BCUT2D eigenvalue weighted by molar-refractivity contribution is 0.466. The molecule has 0 aliphatic heterocycles. The van der Waals surface area contributed by atoms with E-state index in [0.717, 1.165) is 5.56 Å². The van der Waals surface area contributed by atoms with Gasteiger partial charge in [0, 0.05) is 18.6 Å². The number of halogens is 1. The minimum absolute atomic E-state index is 0.192. The zero-order valence-electron chi connectivity index (χ0n) is 10.6. The molecular formula is C12H14ClN3O2S. The van der Waals surface area contributed by atoms with Crippen molar-refractivity contribution in [2.24, 2.45) is 0 Å². The van der Waals surface area contributed by atoms with E-state index < -0.39 is 10.0 Å². The Kier molecular flexibility index (Phi) is 3.93. The van der Waals surface area contributed by atoms with E-state index in [2.05, 4.69) is 10.2 Å². The fraction of sp³-hybridized carbons (Fsp3) is 0.250. The van der Waals surface area contributed by atoms with Gasteiger partial charge in [0.2, 0.25) is 10.0 Å². The van der Waals surface area contributed by atoms with Crippen molar-refractivity contribution in [1.29, 1.82) is 0 Å². The number of nitrogens with zero attached hydrogens (tertiary/aromatic N) is 2. The molecule has 102 valence electrons. The lowest BCUT2D eigenvalue weighted by Crippen LogP contribution is -2.26. The summed E-state index contributed by atoms with van der Waals surface area (Å²) in [6, 6.07) is 7.12. The first-order valence-corrected chi connectivity index (χ1v) is 7.44. The Balaban J connectivity index is 2.25. The predicted octanol–water partition coefficient (Wildman–Crippen LogP) is 2.19. The molecule has 1 N–H and O–H groups in total. The highest BCUT2D eigenvalue weighted by atomic mass is 35.5. The van der Waals surface area contributed by atoms with Crippen LogP contribution in [0.2, 0.25) is 5.02 Å². The third kappa shape index (κ3) is 2.97. The van der Waals surface area contributed by atoms with Crippen LogP contribution in [0.4, 0.5) is 0 Å². The fourth-order valence-corrected chi connectivity index (χ4v) is 3.23. The Labute approximate surface area is 117 Å². The highest BCUT2D eigenvalue weighted by Crippen LogP contribution is 2.19. The molecule has 2 rings (SSSR count). The number of hydrogen-bond acceptors (Lipinski definition) is 3. The number of aromatic amines is 1. The molecule has 5 nitrogen and oxygen atoms in total. The molecule has 1 heterocycles. The number of rotatable bonds is 4. The van der Waals surface area contributed by atoms with Crippen LogP contribution in [0.15, 0.2) is 35.4 Å². The Morgan fingerprint density at radius 2 is 2.16 bits per heavy atom. The van der Waals surface area contributed by atoms with Crippen LogP contribution in [-0.2, 0) is 16.6 Å². The molecule has 0 amide bonds. The quantitative estimate of drug-likeness (QED) is 0.941. The van der Waals surface area contributed by atoms with Gasteiger partial charge in [0.05, 0.1) is 11.9 Å². The van der Waals surface area contributed by atoms with Crippen LogP contribution >= 0.6 is 11.6 Å². The summed E-state index contributed by atoms with van der Waals surface area (Å²) in [5, 5.41) is 6.95. The van der Waals surface area contributed by atoms with Crippen LogP contribution in [0.3, 0.4) is 0 Å². The molecular weight excluding hydrogens is 286 g/mol. The van der Waals surface area contributed by atoms with Crippen LogP contribution in [0, 0.1) is 6.92 Å². The summed E-state index contributed by atoms with van der Waals surface area (Å²) >= 11 is 5.88. The molecule has 1 aromatic carbocycles. The number of aromatic nitrogens is 2. The Bertz CT molecular complexity index is 682. The van der Waals surface area contributed by atoms with Gasteiger partial charge in [-0.25, -0.2) is 8.42 Å². The molecule has 0 spiro atoms. The van der Waals surface area contributed by atoms with Gasteiger partial charge in [-0.3, -0.25) is 5.10 Å². The summed E-state index contributed by atoms with van der Waals surface area (Å²) in [5.41, 5.74) is 1.36. The Morgan fingerprint density at radius 3 is 2.74 bits per heavy atom. The largest absolute Gasteiger partial charge is 0.281 e. The fourth-order valence-electron chi connectivity index (χ4n) is 1.75. The van der Waals surface area contributed by atoms with Crippen LogP contribution in [-0.4, -0.2) is 30.0 Å². The van der Waals surface area contributed by atoms with E-state index in [0.29, 0.717) is 10.7 Å². The molecule has 1 aromatic heterocycles. The van der Waals surface area contributed by atoms with E-state index in [9.17, 15) is 8.42 Å². The predicted molar refractivity (Wildman–Crippen MR) is 73.4 cm³/mol. The van der Waals surface area contributed by atoms with Gasteiger partial charge in [-0.1, -0.05) is 23.7 Å². The maximum absolute atomic E-state index is 12.3. The van der Waals surface area contributed by atoms with Crippen molar-refractivity contribution < 1.29 is 8.42 Å². The SMILES string of the molecule is Cc1[nH]ncc1S(=O)(=O)N(C)Cc1cccc(Cl)c1. The third-order valence-corrected chi connectivity index (χ3v) is 4.92. The number of aryl methyl sites for hydroxylation is 1. The smallest absolute Gasteiger partial charge is 0.246 e. The van der Waals surface area contributed by atoms with Gasteiger partial charge < -0.3 is 0 Å². The van der Waals surface area contributed by atoms with Crippen molar-refractivity contribution in [2.45, 2.75) is 18.4 Å². The first-order valence-electron chi connectivity index (χ1n) is 5.62. The minimum Gasteiger partial charge on any atom is -0.281 e. The number of sulfonamides is 1. The topological polar surface area (TPSA) is 66.1 Å². The Morgan fingerprint density at radius 1 is 1.42 bits per heavy atom.